The van der Waals surface area contributed by atoms with E-state index in [0.717, 1.165) is 10.9 Å². The molecule has 4 rings (SSSR count). The third-order valence-electron chi connectivity index (χ3n) is 4.24. The molecule has 0 bridgehead atoms. The summed E-state index contributed by atoms with van der Waals surface area (Å²) < 4.78 is 22.0. The smallest absolute Gasteiger partial charge is 0.338 e. The molecule has 4 aromatic rings. The first kappa shape index (κ1) is 16.1. The van der Waals surface area contributed by atoms with Crippen molar-refractivity contribution in [1.29, 1.82) is 0 Å². The Bertz CT molecular complexity index is 1130. The molecule has 6 heteroatoms. The number of methoxy groups -OCH3 is 2. The van der Waals surface area contributed by atoms with Gasteiger partial charge in [-0.25, -0.2) is 4.79 Å². The predicted molar refractivity (Wildman–Crippen MR) is 99.1 cm³/mol. The lowest BCUT2D eigenvalue weighted by atomic mass is 10.1. The van der Waals surface area contributed by atoms with Crippen LogP contribution in [0.25, 0.3) is 21.9 Å². The summed E-state index contributed by atoms with van der Waals surface area (Å²) in [7, 11) is 3.08. The second kappa shape index (κ2) is 6.48. The van der Waals surface area contributed by atoms with E-state index < -0.39 is 5.63 Å². The van der Waals surface area contributed by atoms with Gasteiger partial charge in [-0.3, -0.25) is 0 Å². The average Bonchev–Trinajstić information content (AvgIpc) is 3.14. The van der Waals surface area contributed by atoms with Crippen LogP contribution < -0.4 is 20.4 Å². The van der Waals surface area contributed by atoms with Crippen LogP contribution in [0.1, 0.15) is 5.56 Å². The first-order valence-electron chi connectivity index (χ1n) is 8.09. The number of ether oxygens (including phenoxy) is 2. The molecule has 0 saturated carbocycles. The zero-order valence-corrected chi connectivity index (χ0v) is 14.4. The van der Waals surface area contributed by atoms with Crippen LogP contribution in [0.4, 0.5) is 5.69 Å². The first-order valence-corrected chi connectivity index (χ1v) is 8.09. The largest absolute Gasteiger partial charge is 0.495 e. The number of anilines is 1. The topological polar surface area (TPSA) is 73.8 Å². The SMILES string of the molecule is COc1c2occc2c(OC)c2c(NCc3ccccc3)cc(=O)oc12. The Kier molecular flexibility index (Phi) is 4.01. The number of nitrogens with one attached hydrogen (secondary N) is 1. The van der Waals surface area contributed by atoms with Gasteiger partial charge >= 0.3 is 5.63 Å². The monoisotopic (exact) mass is 351 g/mol. The molecule has 2 aromatic carbocycles. The van der Waals surface area contributed by atoms with E-state index in [-0.39, 0.29) is 5.58 Å². The molecule has 1 N–H and O–H groups in total. The van der Waals surface area contributed by atoms with Crippen LogP contribution in [0.2, 0.25) is 0 Å². The van der Waals surface area contributed by atoms with Crippen LogP contribution >= 0.6 is 0 Å². The van der Waals surface area contributed by atoms with Crippen molar-refractivity contribution >= 4 is 27.6 Å². The minimum atomic E-state index is -0.487. The molecule has 132 valence electrons. The fraction of sp³-hybridized carbons (Fsp3) is 0.150. The van der Waals surface area contributed by atoms with Crippen LogP contribution in [0.3, 0.4) is 0 Å². The van der Waals surface area contributed by atoms with Crippen molar-refractivity contribution in [3.05, 3.63) is 64.7 Å². The highest BCUT2D eigenvalue weighted by molar-refractivity contribution is 6.11. The zero-order chi connectivity index (χ0) is 18.1. The Hall–Kier alpha value is -3.41. The molecule has 0 atom stereocenters. The summed E-state index contributed by atoms with van der Waals surface area (Å²) in [4.78, 5) is 12.1. The van der Waals surface area contributed by atoms with Crippen LogP contribution in [-0.2, 0) is 6.54 Å². The number of hydrogen-bond donors (Lipinski definition) is 1. The molecule has 0 aliphatic heterocycles. The summed E-state index contributed by atoms with van der Waals surface area (Å²) >= 11 is 0. The molecule has 0 saturated heterocycles. The third-order valence-corrected chi connectivity index (χ3v) is 4.24. The van der Waals surface area contributed by atoms with Crippen molar-refractivity contribution in [2.24, 2.45) is 0 Å². The maximum absolute atomic E-state index is 12.1. The highest BCUT2D eigenvalue weighted by Crippen LogP contribution is 2.45. The van der Waals surface area contributed by atoms with Crippen molar-refractivity contribution < 1.29 is 18.3 Å². The van der Waals surface area contributed by atoms with Gasteiger partial charge in [0.15, 0.2) is 11.2 Å². The van der Waals surface area contributed by atoms with Gasteiger partial charge in [0.1, 0.15) is 5.75 Å². The number of rotatable bonds is 5. The average molecular weight is 351 g/mol. The molecule has 0 aliphatic carbocycles. The third kappa shape index (κ3) is 2.56. The van der Waals surface area contributed by atoms with Crippen molar-refractivity contribution in [2.45, 2.75) is 6.54 Å². The van der Waals surface area contributed by atoms with Crippen LogP contribution in [-0.4, -0.2) is 14.2 Å². The van der Waals surface area contributed by atoms with Crippen LogP contribution in [0, 0.1) is 0 Å². The van der Waals surface area contributed by atoms with Crippen molar-refractivity contribution in [3.8, 4) is 11.5 Å². The normalized spacial score (nSPS) is 11.0. The van der Waals surface area contributed by atoms with E-state index in [1.165, 1.54) is 13.2 Å². The molecule has 0 unspecified atom stereocenters. The molecule has 2 aromatic heterocycles. The Balaban J connectivity index is 1.96. The second-order valence-electron chi connectivity index (χ2n) is 5.75. The van der Waals surface area contributed by atoms with Gasteiger partial charge < -0.3 is 23.6 Å². The first-order chi connectivity index (χ1) is 12.7. The Morgan fingerprint density at radius 1 is 1.00 bits per heavy atom. The fourth-order valence-corrected chi connectivity index (χ4v) is 3.11. The summed E-state index contributed by atoms with van der Waals surface area (Å²) in [5, 5.41) is 4.68. The molecule has 6 nitrogen and oxygen atoms in total. The molecular formula is C20H17NO5. The van der Waals surface area contributed by atoms with Crippen molar-refractivity contribution in [2.75, 3.05) is 19.5 Å². The van der Waals surface area contributed by atoms with Gasteiger partial charge in [-0.15, -0.1) is 0 Å². The van der Waals surface area contributed by atoms with Gasteiger partial charge in [0, 0.05) is 12.6 Å². The Morgan fingerprint density at radius 3 is 2.50 bits per heavy atom. The molecule has 0 fully saturated rings. The molecule has 2 heterocycles. The van der Waals surface area contributed by atoms with E-state index in [2.05, 4.69) is 5.32 Å². The number of hydrogen-bond acceptors (Lipinski definition) is 6. The van der Waals surface area contributed by atoms with E-state index in [9.17, 15) is 4.79 Å². The predicted octanol–water partition coefficient (Wildman–Crippen LogP) is 4.17. The standard InChI is InChI=1S/C20H17NO5/c1-23-17-13-8-9-25-18(13)20(24-2)19-16(17)14(10-15(22)26-19)21-11-12-6-4-3-5-7-12/h3-10,21H,11H2,1-2H3. The molecule has 0 spiro atoms. The lowest BCUT2D eigenvalue weighted by Crippen LogP contribution is -2.06. The fourth-order valence-electron chi connectivity index (χ4n) is 3.11. The lowest BCUT2D eigenvalue weighted by Gasteiger charge is -2.14. The van der Waals surface area contributed by atoms with Crippen LogP contribution in [0.15, 0.2) is 62.4 Å². The van der Waals surface area contributed by atoms with Gasteiger partial charge in [0.2, 0.25) is 5.75 Å². The molecule has 0 amide bonds. The highest BCUT2D eigenvalue weighted by atomic mass is 16.5. The molecular weight excluding hydrogens is 334 g/mol. The molecule has 0 aliphatic rings. The summed E-state index contributed by atoms with van der Waals surface area (Å²) in [5.74, 6) is 0.921. The van der Waals surface area contributed by atoms with E-state index >= 15 is 0 Å². The van der Waals surface area contributed by atoms with E-state index in [1.807, 2.05) is 30.3 Å². The summed E-state index contributed by atoms with van der Waals surface area (Å²) in [6.45, 7) is 0.550. The van der Waals surface area contributed by atoms with E-state index in [1.54, 1.807) is 19.4 Å². The Labute approximate surface area is 148 Å². The number of fused-ring (bicyclic) bond motifs is 2. The minimum Gasteiger partial charge on any atom is -0.495 e. The zero-order valence-electron chi connectivity index (χ0n) is 14.4. The molecule has 26 heavy (non-hydrogen) atoms. The van der Waals surface area contributed by atoms with Gasteiger partial charge in [0.25, 0.3) is 0 Å². The quantitative estimate of drug-likeness (QED) is 0.544. The molecule has 0 radical (unpaired) electrons. The van der Waals surface area contributed by atoms with Gasteiger partial charge in [-0.1, -0.05) is 30.3 Å². The van der Waals surface area contributed by atoms with Gasteiger partial charge in [0.05, 0.1) is 36.9 Å². The van der Waals surface area contributed by atoms with Crippen molar-refractivity contribution in [1.82, 2.24) is 0 Å². The maximum Gasteiger partial charge on any atom is 0.338 e. The number of furan rings is 1. The lowest BCUT2D eigenvalue weighted by molar-refractivity contribution is 0.398. The summed E-state index contributed by atoms with van der Waals surface area (Å²) in [5.41, 5.74) is 1.97. The van der Waals surface area contributed by atoms with Crippen LogP contribution in [0.5, 0.6) is 11.5 Å². The second-order valence-corrected chi connectivity index (χ2v) is 5.75. The highest BCUT2D eigenvalue weighted by Gasteiger charge is 2.23. The maximum atomic E-state index is 12.1. The van der Waals surface area contributed by atoms with Gasteiger partial charge in [-0.2, -0.15) is 0 Å². The Morgan fingerprint density at radius 2 is 1.77 bits per heavy atom. The number of benzene rings is 2. The minimum absolute atomic E-state index is 0.287. The van der Waals surface area contributed by atoms with Crippen molar-refractivity contribution in [3.63, 3.8) is 0 Å². The van der Waals surface area contributed by atoms with E-state index in [0.29, 0.717) is 34.7 Å². The summed E-state index contributed by atoms with van der Waals surface area (Å²) in [6, 6.07) is 13.1. The van der Waals surface area contributed by atoms with Gasteiger partial charge in [-0.05, 0) is 11.6 Å². The summed E-state index contributed by atoms with van der Waals surface area (Å²) in [6.07, 6.45) is 1.55. The van der Waals surface area contributed by atoms with E-state index in [4.69, 9.17) is 18.3 Å².